The van der Waals surface area contributed by atoms with Crippen molar-refractivity contribution in [3.8, 4) is 0 Å². The van der Waals surface area contributed by atoms with Crippen molar-refractivity contribution in [2.24, 2.45) is 7.05 Å². The fourth-order valence-corrected chi connectivity index (χ4v) is 2.68. The number of aryl methyl sites for hydroxylation is 2. The SMILES string of the molecule is CCc1nn(C)c(Cn2nccc2CNC2CC2)c1Cl. The van der Waals surface area contributed by atoms with E-state index in [0.29, 0.717) is 12.6 Å². The Hall–Kier alpha value is -1.33. The van der Waals surface area contributed by atoms with Gasteiger partial charge in [0.05, 0.1) is 28.6 Å². The van der Waals surface area contributed by atoms with Crippen LogP contribution in [0.1, 0.15) is 36.8 Å². The minimum Gasteiger partial charge on any atom is -0.308 e. The minimum absolute atomic E-state index is 0.664. The second-order valence-electron chi connectivity index (χ2n) is 5.32. The van der Waals surface area contributed by atoms with Crippen LogP contribution in [0.5, 0.6) is 0 Å². The molecule has 1 fully saturated rings. The number of nitrogens with zero attached hydrogens (tertiary/aromatic N) is 4. The van der Waals surface area contributed by atoms with E-state index in [1.807, 2.05) is 22.6 Å². The molecule has 0 unspecified atom stereocenters. The molecule has 2 aromatic heterocycles. The molecule has 5 nitrogen and oxygen atoms in total. The Labute approximate surface area is 123 Å². The van der Waals surface area contributed by atoms with Gasteiger partial charge in [0.1, 0.15) is 0 Å². The summed E-state index contributed by atoms with van der Waals surface area (Å²) in [6.07, 6.45) is 5.28. The molecule has 0 atom stereocenters. The molecule has 0 bridgehead atoms. The molecule has 1 aliphatic carbocycles. The van der Waals surface area contributed by atoms with Gasteiger partial charge in [-0.15, -0.1) is 0 Å². The van der Waals surface area contributed by atoms with Crippen LogP contribution < -0.4 is 5.32 Å². The lowest BCUT2D eigenvalue weighted by Crippen LogP contribution is -2.19. The molecule has 0 aromatic carbocycles. The lowest BCUT2D eigenvalue weighted by Gasteiger charge is -2.09. The first-order chi connectivity index (χ1) is 9.69. The quantitative estimate of drug-likeness (QED) is 0.887. The highest BCUT2D eigenvalue weighted by Crippen LogP contribution is 2.22. The molecule has 0 aliphatic heterocycles. The van der Waals surface area contributed by atoms with Gasteiger partial charge in [0.25, 0.3) is 0 Å². The standard InChI is InChI=1S/C14H20ClN5/c1-3-12-14(15)13(19(2)18-12)9-20-11(6-7-17-20)8-16-10-4-5-10/h6-7,10,16H,3-5,8-9H2,1-2H3. The van der Waals surface area contributed by atoms with Crippen molar-refractivity contribution >= 4 is 11.6 Å². The molecule has 1 saturated carbocycles. The highest BCUT2D eigenvalue weighted by Gasteiger charge is 2.21. The third-order valence-corrected chi connectivity index (χ3v) is 4.19. The van der Waals surface area contributed by atoms with Crippen LogP contribution in [0.4, 0.5) is 0 Å². The van der Waals surface area contributed by atoms with E-state index in [9.17, 15) is 0 Å². The fourth-order valence-electron chi connectivity index (χ4n) is 2.32. The number of hydrogen-bond donors (Lipinski definition) is 1. The smallest absolute Gasteiger partial charge is 0.0869 e. The number of aromatic nitrogens is 4. The summed E-state index contributed by atoms with van der Waals surface area (Å²) in [5, 5.41) is 13.1. The van der Waals surface area contributed by atoms with Gasteiger partial charge in [0.2, 0.25) is 0 Å². The molecule has 1 aliphatic rings. The number of nitrogens with one attached hydrogen (secondary N) is 1. The summed E-state index contributed by atoms with van der Waals surface area (Å²) in [6, 6.07) is 2.76. The largest absolute Gasteiger partial charge is 0.308 e. The first kappa shape index (κ1) is 13.6. The highest BCUT2D eigenvalue weighted by atomic mass is 35.5. The second-order valence-corrected chi connectivity index (χ2v) is 5.70. The summed E-state index contributed by atoms with van der Waals surface area (Å²) < 4.78 is 3.86. The van der Waals surface area contributed by atoms with Crippen molar-refractivity contribution in [3.63, 3.8) is 0 Å². The van der Waals surface area contributed by atoms with Gasteiger partial charge in [-0.25, -0.2) is 0 Å². The molecule has 20 heavy (non-hydrogen) atoms. The third kappa shape index (κ3) is 2.74. The molecule has 0 saturated heterocycles. The summed E-state index contributed by atoms with van der Waals surface area (Å²) in [4.78, 5) is 0. The van der Waals surface area contributed by atoms with Crippen molar-refractivity contribution in [1.29, 1.82) is 0 Å². The Morgan fingerprint density at radius 2 is 2.25 bits per heavy atom. The Kier molecular flexibility index (Phi) is 3.81. The minimum atomic E-state index is 0.664. The second kappa shape index (κ2) is 5.58. The van der Waals surface area contributed by atoms with Crippen molar-refractivity contribution in [2.45, 2.75) is 45.3 Å². The van der Waals surface area contributed by atoms with E-state index in [4.69, 9.17) is 11.6 Å². The van der Waals surface area contributed by atoms with Crippen LogP contribution in [0.15, 0.2) is 12.3 Å². The molecule has 3 rings (SSSR count). The zero-order chi connectivity index (χ0) is 14.1. The van der Waals surface area contributed by atoms with E-state index < -0.39 is 0 Å². The number of rotatable bonds is 6. The van der Waals surface area contributed by atoms with Crippen molar-refractivity contribution < 1.29 is 0 Å². The van der Waals surface area contributed by atoms with E-state index in [1.54, 1.807) is 0 Å². The van der Waals surface area contributed by atoms with Crippen LogP contribution in [0.3, 0.4) is 0 Å². The molecule has 108 valence electrons. The van der Waals surface area contributed by atoms with Crippen LogP contribution in [0.25, 0.3) is 0 Å². The summed E-state index contributed by atoms with van der Waals surface area (Å²) in [5.41, 5.74) is 3.15. The van der Waals surface area contributed by atoms with Gasteiger partial charge >= 0.3 is 0 Å². The molecular weight excluding hydrogens is 274 g/mol. The Balaban J connectivity index is 1.77. The van der Waals surface area contributed by atoms with Gasteiger partial charge in [-0.1, -0.05) is 18.5 Å². The zero-order valence-electron chi connectivity index (χ0n) is 11.9. The monoisotopic (exact) mass is 293 g/mol. The van der Waals surface area contributed by atoms with E-state index in [0.717, 1.165) is 29.4 Å². The lowest BCUT2D eigenvalue weighted by molar-refractivity contribution is 0.568. The molecule has 2 heterocycles. The molecule has 0 amide bonds. The maximum atomic E-state index is 6.40. The normalized spacial score (nSPS) is 14.9. The summed E-state index contributed by atoms with van der Waals surface area (Å²) in [7, 11) is 1.94. The van der Waals surface area contributed by atoms with Gasteiger partial charge < -0.3 is 5.32 Å². The molecule has 6 heteroatoms. The van der Waals surface area contributed by atoms with Crippen LogP contribution >= 0.6 is 11.6 Å². The summed E-state index contributed by atoms with van der Waals surface area (Å²) in [6.45, 7) is 3.59. The van der Waals surface area contributed by atoms with Crippen LogP contribution in [-0.2, 0) is 26.6 Å². The number of hydrogen-bond acceptors (Lipinski definition) is 3. The fraction of sp³-hybridized carbons (Fsp3) is 0.571. The van der Waals surface area contributed by atoms with Crippen molar-refractivity contribution in [3.05, 3.63) is 34.4 Å². The van der Waals surface area contributed by atoms with E-state index in [1.165, 1.54) is 18.5 Å². The van der Waals surface area contributed by atoms with Gasteiger partial charge in [0, 0.05) is 25.8 Å². The molecule has 2 aromatic rings. The van der Waals surface area contributed by atoms with Gasteiger partial charge in [0.15, 0.2) is 0 Å². The van der Waals surface area contributed by atoms with Gasteiger partial charge in [-0.3, -0.25) is 9.36 Å². The highest BCUT2D eigenvalue weighted by molar-refractivity contribution is 6.31. The molecular formula is C14H20ClN5. The maximum Gasteiger partial charge on any atom is 0.0869 e. The average Bonchev–Trinajstić information content (AvgIpc) is 3.11. The Bertz CT molecular complexity index is 597. The first-order valence-electron chi connectivity index (χ1n) is 7.13. The van der Waals surface area contributed by atoms with E-state index in [2.05, 4.69) is 28.5 Å². The van der Waals surface area contributed by atoms with Gasteiger partial charge in [-0.2, -0.15) is 10.2 Å². The van der Waals surface area contributed by atoms with Crippen LogP contribution in [-0.4, -0.2) is 25.6 Å². The predicted molar refractivity (Wildman–Crippen MR) is 78.8 cm³/mol. The van der Waals surface area contributed by atoms with Crippen molar-refractivity contribution in [1.82, 2.24) is 24.9 Å². The molecule has 0 spiro atoms. The third-order valence-electron chi connectivity index (χ3n) is 3.76. The van der Waals surface area contributed by atoms with E-state index >= 15 is 0 Å². The van der Waals surface area contributed by atoms with Gasteiger partial charge in [-0.05, 0) is 25.3 Å². The Morgan fingerprint density at radius 1 is 1.45 bits per heavy atom. The summed E-state index contributed by atoms with van der Waals surface area (Å²) >= 11 is 6.40. The zero-order valence-corrected chi connectivity index (χ0v) is 12.7. The Morgan fingerprint density at radius 3 is 2.90 bits per heavy atom. The van der Waals surface area contributed by atoms with E-state index in [-0.39, 0.29) is 0 Å². The predicted octanol–water partition coefficient (Wildman–Crippen LogP) is 2.13. The topological polar surface area (TPSA) is 47.7 Å². The lowest BCUT2D eigenvalue weighted by atomic mass is 10.3. The van der Waals surface area contributed by atoms with Crippen molar-refractivity contribution in [2.75, 3.05) is 0 Å². The first-order valence-corrected chi connectivity index (χ1v) is 7.51. The average molecular weight is 294 g/mol. The van der Waals surface area contributed by atoms with Crippen LogP contribution in [0, 0.1) is 0 Å². The maximum absolute atomic E-state index is 6.40. The number of halogens is 1. The molecule has 0 radical (unpaired) electrons. The summed E-state index contributed by atoms with van der Waals surface area (Å²) in [5.74, 6) is 0. The van der Waals surface area contributed by atoms with Crippen LogP contribution in [0.2, 0.25) is 5.02 Å². The molecule has 1 N–H and O–H groups in total.